The number of fused-ring (bicyclic) bond motifs is 1. The minimum atomic E-state index is -0.0836. The Morgan fingerprint density at radius 3 is 2.63 bits per heavy atom. The molecule has 1 aromatic carbocycles. The average Bonchev–Trinajstić information content (AvgIpc) is 2.73. The Balaban J connectivity index is 1.38. The Bertz CT molecular complexity index is 799. The second kappa shape index (κ2) is 7.77. The number of benzene rings is 1. The van der Waals surface area contributed by atoms with Crippen molar-refractivity contribution in [3.63, 3.8) is 0 Å². The first-order valence-corrected chi connectivity index (χ1v) is 9.99. The van der Waals surface area contributed by atoms with E-state index in [-0.39, 0.29) is 11.8 Å². The van der Waals surface area contributed by atoms with Crippen LogP contribution in [-0.4, -0.2) is 52.4 Å². The van der Waals surface area contributed by atoms with Crippen LogP contribution in [0.3, 0.4) is 0 Å². The van der Waals surface area contributed by atoms with Crippen LogP contribution in [0.1, 0.15) is 54.2 Å². The molecule has 27 heavy (non-hydrogen) atoms. The van der Waals surface area contributed by atoms with Gasteiger partial charge in [0.05, 0.1) is 5.92 Å². The number of likely N-dealkylation sites (N-methyl/N-ethyl adjacent to an activating group) is 1. The van der Waals surface area contributed by atoms with Gasteiger partial charge in [0.25, 0.3) is 0 Å². The largest absolute Gasteiger partial charge is 0.342 e. The summed E-state index contributed by atoms with van der Waals surface area (Å²) in [5.41, 5.74) is 3.57. The molecule has 4 rings (SSSR count). The van der Waals surface area contributed by atoms with Gasteiger partial charge in [-0.05, 0) is 32.4 Å². The lowest BCUT2D eigenvalue weighted by Gasteiger charge is -2.33. The summed E-state index contributed by atoms with van der Waals surface area (Å²) in [7, 11) is 2.14. The molecular formula is C22H28N4O. The van der Waals surface area contributed by atoms with Gasteiger partial charge in [0, 0.05) is 56.0 Å². The number of hydrogen-bond acceptors (Lipinski definition) is 4. The van der Waals surface area contributed by atoms with E-state index in [2.05, 4.69) is 16.9 Å². The summed E-state index contributed by atoms with van der Waals surface area (Å²) in [6, 6.07) is 10.1. The molecule has 0 N–H and O–H groups in total. The molecule has 2 aliphatic rings. The van der Waals surface area contributed by atoms with Gasteiger partial charge in [0.15, 0.2) is 0 Å². The highest BCUT2D eigenvalue weighted by atomic mass is 16.2. The van der Waals surface area contributed by atoms with Gasteiger partial charge in [0.1, 0.15) is 5.82 Å². The quantitative estimate of drug-likeness (QED) is 0.840. The summed E-state index contributed by atoms with van der Waals surface area (Å²) >= 11 is 0. The van der Waals surface area contributed by atoms with Gasteiger partial charge < -0.3 is 9.80 Å². The topological polar surface area (TPSA) is 49.3 Å². The third kappa shape index (κ3) is 3.88. The predicted octanol–water partition coefficient (Wildman–Crippen LogP) is 2.97. The van der Waals surface area contributed by atoms with E-state index in [4.69, 9.17) is 4.98 Å². The van der Waals surface area contributed by atoms with E-state index >= 15 is 0 Å². The van der Waals surface area contributed by atoms with Crippen LogP contribution in [0, 0.1) is 0 Å². The van der Waals surface area contributed by atoms with Gasteiger partial charge in [-0.1, -0.05) is 30.3 Å². The van der Waals surface area contributed by atoms with Gasteiger partial charge in [-0.25, -0.2) is 9.97 Å². The number of amides is 1. The molecule has 0 bridgehead atoms. The molecule has 1 atom stereocenters. The van der Waals surface area contributed by atoms with Crippen LogP contribution in [0.25, 0.3) is 0 Å². The van der Waals surface area contributed by atoms with E-state index in [1.807, 2.05) is 48.4 Å². The van der Waals surface area contributed by atoms with Crippen molar-refractivity contribution in [1.82, 2.24) is 19.8 Å². The molecule has 5 nitrogen and oxygen atoms in total. The van der Waals surface area contributed by atoms with Crippen LogP contribution < -0.4 is 0 Å². The molecule has 2 aliphatic heterocycles. The number of carbonyl (C=O) groups excluding carboxylic acids is 1. The third-order valence-corrected chi connectivity index (χ3v) is 5.99. The average molecular weight is 364 g/mol. The zero-order valence-corrected chi connectivity index (χ0v) is 16.3. The van der Waals surface area contributed by atoms with Crippen molar-refractivity contribution in [2.24, 2.45) is 0 Å². The summed E-state index contributed by atoms with van der Waals surface area (Å²) in [5, 5.41) is 0. The minimum absolute atomic E-state index is 0.0836. The van der Waals surface area contributed by atoms with Gasteiger partial charge in [-0.15, -0.1) is 0 Å². The van der Waals surface area contributed by atoms with Crippen molar-refractivity contribution in [1.29, 1.82) is 0 Å². The van der Waals surface area contributed by atoms with Crippen molar-refractivity contribution in [3.05, 3.63) is 59.2 Å². The smallest absolute Gasteiger partial charge is 0.229 e. The van der Waals surface area contributed by atoms with Crippen LogP contribution in [0.5, 0.6) is 0 Å². The van der Waals surface area contributed by atoms with Crippen molar-refractivity contribution >= 4 is 5.91 Å². The lowest BCUT2D eigenvalue weighted by Crippen LogP contribution is -2.40. The van der Waals surface area contributed by atoms with Gasteiger partial charge in [-0.3, -0.25) is 4.79 Å². The molecule has 142 valence electrons. The number of likely N-dealkylation sites (tertiary alicyclic amines) is 1. The monoisotopic (exact) mass is 364 g/mol. The molecule has 1 unspecified atom stereocenters. The number of carbonyl (C=O) groups is 1. The van der Waals surface area contributed by atoms with E-state index in [0.717, 1.165) is 56.8 Å². The molecule has 0 spiro atoms. The van der Waals surface area contributed by atoms with Crippen molar-refractivity contribution in [3.8, 4) is 0 Å². The zero-order chi connectivity index (χ0) is 18.8. The molecule has 0 saturated carbocycles. The molecule has 3 heterocycles. The van der Waals surface area contributed by atoms with Crippen LogP contribution in [0.4, 0.5) is 0 Å². The number of piperidine rings is 1. The summed E-state index contributed by atoms with van der Waals surface area (Å²) < 4.78 is 0. The van der Waals surface area contributed by atoms with Gasteiger partial charge in [-0.2, -0.15) is 0 Å². The highest BCUT2D eigenvalue weighted by Crippen LogP contribution is 2.29. The van der Waals surface area contributed by atoms with Crippen LogP contribution in [-0.2, 0) is 17.8 Å². The lowest BCUT2D eigenvalue weighted by atomic mass is 9.93. The number of aromatic nitrogens is 2. The lowest BCUT2D eigenvalue weighted by molar-refractivity contribution is -0.133. The fourth-order valence-electron chi connectivity index (χ4n) is 4.19. The Hall–Kier alpha value is -2.27. The van der Waals surface area contributed by atoms with Gasteiger partial charge >= 0.3 is 0 Å². The maximum absolute atomic E-state index is 12.9. The summed E-state index contributed by atoms with van der Waals surface area (Å²) in [4.78, 5) is 26.7. The predicted molar refractivity (Wildman–Crippen MR) is 105 cm³/mol. The maximum Gasteiger partial charge on any atom is 0.229 e. The molecule has 1 fully saturated rings. The number of rotatable bonds is 3. The molecule has 5 heteroatoms. The summed E-state index contributed by atoms with van der Waals surface area (Å²) in [5.74, 6) is 1.49. The Morgan fingerprint density at radius 1 is 1.15 bits per heavy atom. The molecule has 1 amide bonds. The van der Waals surface area contributed by atoms with E-state index in [1.165, 1.54) is 11.3 Å². The normalized spacial score (nSPS) is 19.6. The molecule has 0 aliphatic carbocycles. The zero-order valence-electron chi connectivity index (χ0n) is 16.3. The number of nitrogens with zero attached hydrogens (tertiary/aromatic N) is 4. The van der Waals surface area contributed by atoms with Crippen molar-refractivity contribution in [2.45, 2.75) is 44.6 Å². The SMILES string of the molecule is CC(C(=O)N1CCC(c2ncc3c(n2)CCN(C)C3)CC1)c1ccccc1. The van der Waals surface area contributed by atoms with E-state index in [9.17, 15) is 4.79 Å². The summed E-state index contributed by atoms with van der Waals surface area (Å²) in [6.45, 7) is 5.61. The summed E-state index contributed by atoms with van der Waals surface area (Å²) in [6.07, 6.45) is 4.92. The van der Waals surface area contributed by atoms with E-state index < -0.39 is 0 Å². The Labute approximate surface area is 161 Å². The van der Waals surface area contributed by atoms with E-state index in [0.29, 0.717) is 5.92 Å². The minimum Gasteiger partial charge on any atom is -0.342 e. The highest BCUT2D eigenvalue weighted by Gasteiger charge is 2.29. The standard InChI is InChI=1S/C22H28N4O/c1-16(17-6-4-3-5-7-17)22(27)26-12-8-18(9-13-26)21-23-14-19-15-25(2)11-10-20(19)24-21/h3-7,14,16,18H,8-13,15H2,1-2H3. The van der Waals surface area contributed by atoms with Gasteiger partial charge in [0.2, 0.25) is 5.91 Å². The molecular weight excluding hydrogens is 336 g/mol. The molecule has 1 saturated heterocycles. The van der Waals surface area contributed by atoms with Crippen LogP contribution >= 0.6 is 0 Å². The fraction of sp³-hybridized carbons (Fsp3) is 0.500. The molecule has 2 aromatic rings. The van der Waals surface area contributed by atoms with E-state index in [1.54, 1.807) is 0 Å². The molecule has 1 aromatic heterocycles. The van der Waals surface area contributed by atoms with Crippen molar-refractivity contribution < 1.29 is 4.79 Å². The third-order valence-electron chi connectivity index (χ3n) is 5.99. The Kier molecular flexibility index (Phi) is 5.21. The van der Waals surface area contributed by atoms with Crippen LogP contribution in [0.2, 0.25) is 0 Å². The first-order chi connectivity index (χ1) is 13.1. The fourth-order valence-corrected chi connectivity index (χ4v) is 4.19. The van der Waals surface area contributed by atoms with Crippen LogP contribution in [0.15, 0.2) is 36.5 Å². The first kappa shape index (κ1) is 18.1. The first-order valence-electron chi connectivity index (χ1n) is 9.99. The second-order valence-electron chi connectivity index (χ2n) is 7.92. The highest BCUT2D eigenvalue weighted by molar-refractivity contribution is 5.83. The molecule has 0 radical (unpaired) electrons. The van der Waals surface area contributed by atoms with Crippen molar-refractivity contribution in [2.75, 3.05) is 26.7 Å². The number of hydrogen-bond donors (Lipinski definition) is 0. The second-order valence-corrected chi connectivity index (χ2v) is 7.92. The Morgan fingerprint density at radius 2 is 1.89 bits per heavy atom. The maximum atomic E-state index is 12.9.